The Balaban J connectivity index is 0.000000207. The summed E-state index contributed by atoms with van der Waals surface area (Å²) < 4.78 is 25.9. The minimum absolute atomic E-state index is 0.0278. The largest absolute Gasteiger partial charge is 0.508 e. The molecule has 0 aromatic heterocycles. The summed E-state index contributed by atoms with van der Waals surface area (Å²) in [5.41, 5.74) is 8.01. The number of likely N-dealkylation sites (tertiary alicyclic amines) is 1. The molecule has 1 saturated heterocycles. The van der Waals surface area contributed by atoms with Crippen LogP contribution in [0.4, 0.5) is 8.78 Å². The first-order chi connectivity index (χ1) is 16.7. The second-order valence-electron chi connectivity index (χ2n) is 10.4. The van der Waals surface area contributed by atoms with E-state index in [1.54, 1.807) is 32.9 Å². The van der Waals surface area contributed by atoms with E-state index in [0.29, 0.717) is 12.5 Å². The van der Waals surface area contributed by atoms with Crippen LogP contribution in [0.15, 0.2) is 30.3 Å². The van der Waals surface area contributed by atoms with Gasteiger partial charge in [-0.05, 0) is 74.9 Å². The van der Waals surface area contributed by atoms with Crippen LogP contribution in [0.3, 0.4) is 0 Å². The van der Waals surface area contributed by atoms with Gasteiger partial charge in [-0.3, -0.25) is 14.5 Å². The van der Waals surface area contributed by atoms with Crippen molar-refractivity contribution in [1.29, 1.82) is 0 Å². The number of fused-ring (bicyclic) bond motifs is 1. The number of rotatable bonds is 4. The van der Waals surface area contributed by atoms with Gasteiger partial charge in [-0.15, -0.1) is 0 Å². The fraction of sp³-hybridized carbons (Fsp3) is 0.500. The van der Waals surface area contributed by atoms with Crippen molar-refractivity contribution in [2.24, 2.45) is 11.1 Å². The summed E-state index contributed by atoms with van der Waals surface area (Å²) in [7, 11) is 0. The third-order valence-corrected chi connectivity index (χ3v) is 6.69. The first-order valence-corrected chi connectivity index (χ1v) is 12.1. The minimum atomic E-state index is -0.569. The number of halogens is 2. The van der Waals surface area contributed by atoms with Crippen LogP contribution in [0, 0.1) is 24.0 Å². The number of carbonyl (C=O) groups excluding carboxylic acids is 2. The lowest BCUT2D eigenvalue weighted by atomic mass is 9.84. The van der Waals surface area contributed by atoms with Crippen LogP contribution in [-0.2, 0) is 22.4 Å². The molecule has 0 amide bonds. The number of hydrogen-bond acceptors (Lipinski definition) is 6. The summed E-state index contributed by atoms with van der Waals surface area (Å²) in [5.74, 6) is -0.954. The highest BCUT2D eigenvalue weighted by atomic mass is 19.1. The number of hydrogen-bond donors (Lipinski definition) is 3. The molecule has 6 nitrogen and oxygen atoms in total. The predicted molar refractivity (Wildman–Crippen MR) is 136 cm³/mol. The molecule has 4 rings (SSSR count). The van der Waals surface area contributed by atoms with Gasteiger partial charge in [-0.2, -0.15) is 0 Å². The van der Waals surface area contributed by atoms with Crippen LogP contribution >= 0.6 is 0 Å². The molecule has 8 heteroatoms. The van der Waals surface area contributed by atoms with Crippen molar-refractivity contribution < 1.29 is 28.6 Å². The monoisotopic (exact) mass is 504 g/mol. The normalized spacial score (nSPS) is 19.0. The van der Waals surface area contributed by atoms with E-state index in [1.807, 2.05) is 0 Å². The lowest BCUT2D eigenvalue weighted by Gasteiger charge is -2.22. The lowest BCUT2D eigenvalue weighted by molar-refractivity contribution is -0.130. The van der Waals surface area contributed by atoms with Gasteiger partial charge in [0.05, 0.1) is 0 Å². The zero-order valence-electron chi connectivity index (χ0n) is 21.8. The maximum atomic E-state index is 13.7. The van der Waals surface area contributed by atoms with Crippen molar-refractivity contribution in [3.8, 4) is 11.5 Å². The van der Waals surface area contributed by atoms with Crippen LogP contribution < -0.4 is 5.73 Å². The fourth-order valence-electron chi connectivity index (χ4n) is 4.42. The minimum Gasteiger partial charge on any atom is -0.508 e. The summed E-state index contributed by atoms with van der Waals surface area (Å²) in [6.07, 6.45) is 2.95. The number of aromatic hydroxyl groups is 2. The molecule has 36 heavy (non-hydrogen) atoms. The van der Waals surface area contributed by atoms with Crippen molar-refractivity contribution in [3.63, 3.8) is 0 Å². The zero-order chi connectivity index (χ0) is 27.2. The van der Waals surface area contributed by atoms with Crippen LogP contribution in [0.2, 0.25) is 0 Å². The van der Waals surface area contributed by atoms with E-state index >= 15 is 0 Å². The van der Waals surface area contributed by atoms with Crippen LogP contribution in [-0.4, -0.2) is 51.9 Å². The van der Waals surface area contributed by atoms with Crippen molar-refractivity contribution in [2.75, 3.05) is 13.1 Å². The Kier molecular flexibility index (Phi) is 10.1. The van der Waals surface area contributed by atoms with Crippen LogP contribution in [0.1, 0.15) is 57.2 Å². The first kappa shape index (κ1) is 29.4. The van der Waals surface area contributed by atoms with Gasteiger partial charge in [-0.1, -0.05) is 19.9 Å². The van der Waals surface area contributed by atoms with Crippen molar-refractivity contribution >= 4 is 11.6 Å². The Morgan fingerprint density at radius 3 is 2.22 bits per heavy atom. The average Bonchev–Trinajstić information content (AvgIpc) is 3.37. The smallest absolute Gasteiger partial charge is 0.164 e. The van der Waals surface area contributed by atoms with E-state index in [4.69, 9.17) is 10.8 Å². The SMILES string of the molecule is CC(=O)CC(C)(C)C(C)=O.Cc1ccc(F)c(O)c1.NC1CCN(C2Cc3cc(O)cc(F)c3C2)C1. The molecule has 1 aliphatic carbocycles. The molecule has 198 valence electrons. The molecular formula is C28H38F2N2O4. The highest BCUT2D eigenvalue weighted by Gasteiger charge is 2.32. The highest BCUT2D eigenvalue weighted by molar-refractivity contribution is 5.88. The van der Waals surface area contributed by atoms with E-state index in [9.17, 15) is 23.5 Å². The molecule has 2 aromatic rings. The quantitative estimate of drug-likeness (QED) is 0.568. The molecule has 0 saturated carbocycles. The predicted octanol–water partition coefficient (Wildman–Crippen LogP) is 4.45. The molecular weight excluding hydrogens is 466 g/mol. The summed E-state index contributed by atoms with van der Waals surface area (Å²) in [6, 6.07) is 7.74. The molecule has 1 aliphatic heterocycles. The molecule has 1 heterocycles. The summed E-state index contributed by atoms with van der Waals surface area (Å²) in [4.78, 5) is 23.8. The van der Waals surface area contributed by atoms with Gasteiger partial charge in [-0.25, -0.2) is 8.78 Å². The lowest BCUT2D eigenvalue weighted by Crippen LogP contribution is -2.36. The van der Waals surface area contributed by atoms with Crippen molar-refractivity contribution in [2.45, 2.75) is 72.4 Å². The highest BCUT2D eigenvalue weighted by Crippen LogP contribution is 2.32. The van der Waals surface area contributed by atoms with Gasteiger partial charge < -0.3 is 15.9 Å². The summed E-state index contributed by atoms with van der Waals surface area (Å²) in [6.45, 7) is 10.3. The van der Waals surface area contributed by atoms with Gasteiger partial charge in [0, 0.05) is 43.1 Å². The first-order valence-electron chi connectivity index (χ1n) is 12.1. The number of Topliss-reactive ketones (excluding diaryl/α,β-unsaturated/α-hetero) is 2. The van der Waals surface area contributed by atoms with E-state index < -0.39 is 11.2 Å². The van der Waals surface area contributed by atoms with Gasteiger partial charge in [0.25, 0.3) is 0 Å². The molecule has 0 spiro atoms. The van der Waals surface area contributed by atoms with Crippen LogP contribution in [0.5, 0.6) is 11.5 Å². The molecule has 0 radical (unpaired) electrons. The Morgan fingerprint density at radius 2 is 1.75 bits per heavy atom. The van der Waals surface area contributed by atoms with E-state index in [1.165, 1.54) is 32.0 Å². The van der Waals surface area contributed by atoms with E-state index in [2.05, 4.69) is 4.90 Å². The third kappa shape index (κ3) is 8.38. The number of phenols is 2. The van der Waals surface area contributed by atoms with Gasteiger partial charge in [0.1, 0.15) is 23.1 Å². The van der Waals surface area contributed by atoms with Crippen molar-refractivity contribution in [1.82, 2.24) is 4.90 Å². The van der Waals surface area contributed by atoms with Gasteiger partial charge >= 0.3 is 0 Å². The molecule has 4 N–H and O–H groups in total. The molecule has 0 bridgehead atoms. The average molecular weight is 505 g/mol. The third-order valence-electron chi connectivity index (χ3n) is 6.69. The standard InChI is InChI=1S/C13H17FN2O.C8H14O2.C7H7FO/c14-13-6-11(17)4-8-3-10(5-12(8)13)16-2-1-9(15)7-16;1-6(9)5-8(3,4)7(2)10;1-5-2-3-6(8)7(9)4-5/h4,6,9-10,17H,1-3,5,7,15H2;5H2,1-4H3;2-4,9H,1H3. The zero-order valence-corrected chi connectivity index (χ0v) is 21.8. The second kappa shape index (κ2) is 12.4. The second-order valence-corrected chi connectivity index (χ2v) is 10.4. The van der Waals surface area contributed by atoms with Gasteiger partial charge in [0.15, 0.2) is 11.6 Å². The number of nitrogens with two attached hydrogens (primary N) is 1. The topological polar surface area (TPSA) is 104 Å². The van der Waals surface area contributed by atoms with E-state index in [-0.39, 0.29) is 34.9 Å². The number of benzene rings is 2. The Labute approximate surface area is 212 Å². The number of carbonyl (C=O) groups is 2. The summed E-state index contributed by atoms with van der Waals surface area (Å²) >= 11 is 0. The number of phenolic OH excluding ortho intramolecular Hbond substituents is 2. The number of aryl methyl sites for hydroxylation is 1. The number of ketones is 2. The molecule has 2 unspecified atom stereocenters. The van der Waals surface area contributed by atoms with Crippen molar-refractivity contribution in [3.05, 3.63) is 58.7 Å². The van der Waals surface area contributed by atoms with E-state index in [0.717, 1.165) is 49.0 Å². The maximum Gasteiger partial charge on any atom is 0.164 e. The van der Waals surface area contributed by atoms with Crippen LogP contribution in [0.25, 0.3) is 0 Å². The Morgan fingerprint density at radius 1 is 1.08 bits per heavy atom. The molecule has 1 fully saturated rings. The molecule has 2 aliphatic rings. The Hall–Kier alpha value is -2.84. The summed E-state index contributed by atoms with van der Waals surface area (Å²) in [5, 5.41) is 18.1. The fourth-order valence-corrected chi connectivity index (χ4v) is 4.42. The maximum absolute atomic E-state index is 13.7. The molecule has 2 aromatic carbocycles. The number of nitrogens with zero attached hydrogens (tertiary/aromatic N) is 1. The van der Waals surface area contributed by atoms with Gasteiger partial charge in [0.2, 0.25) is 0 Å². The Bertz CT molecular complexity index is 1090. The molecule has 2 atom stereocenters.